The minimum Gasteiger partial charge on any atom is -0.106 e. The molecule has 2 rings (SSSR count). The summed E-state index contributed by atoms with van der Waals surface area (Å²) < 4.78 is 0. The van der Waals surface area contributed by atoms with Gasteiger partial charge in [-0.3, -0.25) is 0 Å². The van der Waals surface area contributed by atoms with Crippen LogP contribution in [0.1, 0.15) is 98.8 Å². The highest BCUT2D eigenvalue weighted by Crippen LogP contribution is 2.26. The monoisotopic (exact) mass is 296 g/mol. The molecule has 2 fully saturated rings. The molecule has 0 N–H and O–H groups in total. The molecule has 0 radical (unpaired) electrons. The van der Waals surface area contributed by atoms with Crippen molar-refractivity contribution in [3.05, 3.63) is 26.3 Å². The largest absolute Gasteiger partial charge is 0.106 e. The standard InChI is InChI=1S/C7H14.C5H10.C5H12.2C2H4/c1-2-7-5-3-4-6-7;1-2-4-5-3-1;1-5(2,3)4;2*1-2/h7H,2-6H2,1H3;1-5H2;1-4H3;2*1-2H2. The quantitative estimate of drug-likeness (QED) is 0.428. The van der Waals surface area contributed by atoms with Gasteiger partial charge in [-0.05, 0) is 11.3 Å². The van der Waals surface area contributed by atoms with Crippen LogP contribution in [0.5, 0.6) is 0 Å². The Kier molecular flexibility index (Phi) is 23.6. The minimum atomic E-state index is 0.500. The summed E-state index contributed by atoms with van der Waals surface area (Å²) in [6.45, 7) is 23.1. The Hall–Kier alpha value is -0.520. The molecular weight excluding hydrogens is 252 g/mol. The Morgan fingerprint density at radius 2 is 0.905 bits per heavy atom. The van der Waals surface area contributed by atoms with Crippen LogP contribution in [0.15, 0.2) is 26.3 Å². The maximum atomic E-state index is 3.00. The first-order chi connectivity index (χ1) is 9.93. The Balaban J connectivity index is -0.000000210. The molecule has 0 aromatic heterocycles. The van der Waals surface area contributed by atoms with Gasteiger partial charge in [-0.1, -0.05) is 98.8 Å². The van der Waals surface area contributed by atoms with Gasteiger partial charge in [-0.2, -0.15) is 0 Å². The van der Waals surface area contributed by atoms with Crippen molar-refractivity contribution in [3.8, 4) is 0 Å². The normalized spacial score (nSPS) is 16.8. The van der Waals surface area contributed by atoms with Crippen LogP contribution in [0, 0.1) is 11.3 Å². The molecule has 0 amide bonds. The van der Waals surface area contributed by atoms with Gasteiger partial charge in [0.25, 0.3) is 0 Å². The summed E-state index contributed by atoms with van der Waals surface area (Å²) in [4.78, 5) is 0. The summed E-state index contributed by atoms with van der Waals surface area (Å²) >= 11 is 0. The predicted molar refractivity (Wildman–Crippen MR) is 103 cm³/mol. The highest BCUT2D eigenvalue weighted by molar-refractivity contribution is 4.64. The molecule has 0 spiro atoms. The molecule has 0 aromatic rings. The molecule has 0 bridgehead atoms. The van der Waals surface area contributed by atoms with Gasteiger partial charge in [-0.25, -0.2) is 0 Å². The van der Waals surface area contributed by atoms with Gasteiger partial charge in [0, 0.05) is 0 Å². The molecule has 0 nitrogen and oxygen atoms in total. The summed E-state index contributed by atoms with van der Waals surface area (Å²) in [5, 5.41) is 0. The van der Waals surface area contributed by atoms with Crippen LogP contribution in [0.25, 0.3) is 0 Å². The number of hydrogen-bond donors (Lipinski definition) is 0. The van der Waals surface area contributed by atoms with Crippen LogP contribution in [-0.2, 0) is 0 Å². The Bertz CT molecular complexity index is 149. The van der Waals surface area contributed by atoms with Crippen molar-refractivity contribution in [2.24, 2.45) is 11.3 Å². The first-order valence-electron chi connectivity index (χ1n) is 8.93. The third-order valence-electron chi connectivity index (χ3n) is 3.30. The van der Waals surface area contributed by atoms with Gasteiger partial charge in [0.05, 0.1) is 0 Å². The first-order valence-corrected chi connectivity index (χ1v) is 8.93. The Labute approximate surface area is 137 Å². The van der Waals surface area contributed by atoms with Crippen LogP contribution in [-0.4, -0.2) is 0 Å². The van der Waals surface area contributed by atoms with Crippen LogP contribution < -0.4 is 0 Å². The molecule has 0 aromatic carbocycles. The van der Waals surface area contributed by atoms with E-state index in [2.05, 4.69) is 60.9 Å². The zero-order chi connectivity index (χ0) is 17.1. The van der Waals surface area contributed by atoms with E-state index in [4.69, 9.17) is 0 Å². The van der Waals surface area contributed by atoms with Crippen molar-refractivity contribution in [2.45, 2.75) is 98.8 Å². The summed E-state index contributed by atoms with van der Waals surface area (Å²) in [5.41, 5.74) is 0.500. The van der Waals surface area contributed by atoms with Gasteiger partial charge >= 0.3 is 0 Å². The van der Waals surface area contributed by atoms with Gasteiger partial charge in [0.2, 0.25) is 0 Å². The third kappa shape index (κ3) is 32.8. The fourth-order valence-electron chi connectivity index (χ4n) is 2.30. The average molecular weight is 297 g/mol. The molecule has 0 heterocycles. The van der Waals surface area contributed by atoms with E-state index in [1.807, 2.05) is 0 Å². The van der Waals surface area contributed by atoms with Crippen molar-refractivity contribution < 1.29 is 0 Å². The van der Waals surface area contributed by atoms with Crippen molar-refractivity contribution in [2.75, 3.05) is 0 Å². The van der Waals surface area contributed by atoms with Crippen molar-refractivity contribution >= 4 is 0 Å². The van der Waals surface area contributed by atoms with Gasteiger partial charge < -0.3 is 0 Å². The maximum absolute atomic E-state index is 3.00. The second-order valence-electron chi connectivity index (χ2n) is 7.33. The van der Waals surface area contributed by atoms with E-state index in [1.165, 1.54) is 64.2 Å². The molecule has 0 unspecified atom stereocenters. The highest BCUT2D eigenvalue weighted by Gasteiger charge is 2.11. The van der Waals surface area contributed by atoms with Crippen LogP contribution in [0.2, 0.25) is 0 Å². The SMILES string of the molecule is C1CCCC1.C=C.C=C.CC(C)(C)C.CCC1CCCC1. The summed E-state index contributed by atoms with van der Waals surface area (Å²) in [6.07, 6.45) is 14.9. The minimum absolute atomic E-state index is 0.500. The van der Waals surface area contributed by atoms with E-state index in [-0.39, 0.29) is 0 Å². The lowest BCUT2D eigenvalue weighted by Crippen LogP contribution is -1.93. The van der Waals surface area contributed by atoms with Gasteiger partial charge in [0.1, 0.15) is 0 Å². The van der Waals surface area contributed by atoms with E-state index < -0.39 is 0 Å². The molecule has 21 heavy (non-hydrogen) atoms. The lowest BCUT2D eigenvalue weighted by Gasteiger charge is -2.05. The van der Waals surface area contributed by atoms with E-state index in [1.54, 1.807) is 0 Å². The predicted octanol–water partition coefficient (Wildman–Crippen LogP) is 8.19. The summed E-state index contributed by atoms with van der Waals surface area (Å²) in [5.74, 6) is 1.10. The third-order valence-corrected chi connectivity index (χ3v) is 3.30. The first kappa shape index (κ1) is 25.4. The van der Waals surface area contributed by atoms with Crippen LogP contribution in [0.4, 0.5) is 0 Å². The summed E-state index contributed by atoms with van der Waals surface area (Å²) in [7, 11) is 0. The molecule has 2 aliphatic carbocycles. The smallest absolute Gasteiger partial charge is 0.0411 e. The molecule has 0 atom stereocenters. The van der Waals surface area contributed by atoms with Crippen LogP contribution in [0.3, 0.4) is 0 Å². The van der Waals surface area contributed by atoms with E-state index in [0.29, 0.717) is 5.41 Å². The highest BCUT2D eigenvalue weighted by atomic mass is 14.2. The maximum Gasteiger partial charge on any atom is -0.0411 e. The zero-order valence-corrected chi connectivity index (χ0v) is 16.0. The zero-order valence-electron chi connectivity index (χ0n) is 16.0. The van der Waals surface area contributed by atoms with E-state index in [9.17, 15) is 0 Å². The summed E-state index contributed by atoms with van der Waals surface area (Å²) in [6, 6.07) is 0. The van der Waals surface area contributed by atoms with Gasteiger partial charge in [-0.15, -0.1) is 26.3 Å². The van der Waals surface area contributed by atoms with E-state index >= 15 is 0 Å². The molecular formula is C21H44. The van der Waals surface area contributed by atoms with E-state index in [0.717, 1.165) is 5.92 Å². The number of hydrogen-bond acceptors (Lipinski definition) is 0. The van der Waals surface area contributed by atoms with Gasteiger partial charge in [0.15, 0.2) is 0 Å². The Morgan fingerprint density at radius 3 is 1.05 bits per heavy atom. The lowest BCUT2D eigenvalue weighted by atomic mass is 10.0. The molecule has 0 aliphatic heterocycles. The van der Waals surface area contributed by atoms with Crippen LogP contribution >= 0.6 is 0 Å². The molecule has 0 heteroatoms. The molecule has 128 valence electrons. The van der Waals surface area contributed by atoms with Crippen molar-refractivity contribution in [1.82, 2.24) is 0 Å². The van der Waals surface area contributed by atoms with Crippen molar-refractivity contribution in [3.63, 3.8) is 0 Å². The lowest BCUT2D eigenvalue weighted by molar-refractivity contribution is 0.469. The topological polar surface area (TPSA) is 0 Å². The second-order valence-corrected chi connectivity index (χ2v) is 7.33. The number of rotatable bonds is 1. The second kappa shape index (κ2) is 19.5. The fourth-order valence-corrected chi connectivity index (χ4v) is 2.30. The molecule has 2 aliphatic rings. The van der Waals surface area contributed by atoms with Crippen molar-refractivity contribution in [1.29, 1.82) is 0 Å². The fraction of sp³-hybridized carbons (Fsp3) is 0.810. The average Bonchev–Trinajstić information content (AvgIpc) is 3.17. The molecule has 0 saturated heterocycles. The Morgan fingerprint density at radius 1 is 0.667 bits per heavy atom. The molecule has 2 saturated carbocycles.